The Labute approximate surface area is 78.5 Å². The van der Waals surface area contributed by atoms with E-state index in [0.29, 0.717) is 11.6 Å². The molecule has 2 aromatic rings. The maximum atomic E-state index is 10.5. The Morgan fingerprint density at radius 3 is 3.14 bits per heavy atom. The first-order chi connectivity index (χ1) is 6.75. The monoisotopic (exact) mass is 193 g/mol. The number of carbonyl (C=O) groups excluding carboxylic acids is 1. The zero-order valence-corrected chi connectivity index (χ0v) is 7.12. The van der Waals surface area contributed by atoms with Gasteiger partial charge in [0.05, 0.1) is 6.26 Å². The Morgan fingerprint density at radius 2 is 2.50 bits per heavy atom. The van der Waals surface area contributed by atoms with Crippen LogP contribution in [0.25, 0.3) is 11.6 Å². The molecule has 0 aliphatic rings. The second-order valence-electron chi connectivity index (χ2n) is 2.59. The number of carbonyl (C=O) groups is 1. The van der Waals surface area contributed by atoms with Crippen molar-refractivity contribution in [2.75, 3.05) is 0 Å². The molecule has 0 unspecified atom stereocenters. The van der Waals surface area contributed by atoms with Gasteiger partial charge in [-0.05, 0) is 17.3 Å². The molecule has 0 spiro atoms. The average molecular weight is 193 g/mol. The summed E-state index contributed by atoms with van der Waals surface area (Å²) in [5.41, 5.74) is 4.96. The maximum Gasteiger partial charge on any atom is 0.241 e. The molecule has 0 saturated carbocycles. The number of tetrazole rings is 1. The molecular formula is C7H7N5O2. The normalized spacial score (nSPS) is 10.3. The van der Waals surface area contributed by atoms with Crippen LogP contribution in [0.15, 0.2) is 22.8 Å². The van der Waals surface area contributed by atoms with Crippen LogP contribution in [0.4, 0.5) is 0 Å². The lowest BCUT2D eigenvalue weighted by Gasteiger charge is -1.90. The van der Waals surface area contributed by atoms with Gasteiger partial charge in [-0.25, -0.2) is 0 Å². The standard InChI is InChI=1S/C7H7N5O2/c8-6(13)4-12-10-7(9-11-12)5-2-1-3-14-5/h1-3H,4H2,(H2,8,13). The van der Waals surface area contributed by atoms with Crippen molar-refractivity contribution in [3.05, 3.63) is 18.4 Å². The Hall–Kier alpha value is -2.18. The number of hydrogen-bond acceptors (Lipinski definition) is 5. The van der Waals surface area contributed by atoms with Crippen molar-refractivity contribution >= 4 is 5.91 Å². The van der Waals surface area contributed by atoms with E-state index in [1.165, 1.54) is 6.26 Å². The zero-order chi connectivity index (χ0) is 9.97. The molecule has 1 amide bonds. The van der Waals surface area contributed by atoms with Gasteiger partial charge >= 0.3 is 0 Å². The van der Waals surface area contributed by atoms with Gasteiger partial charge in [0.25, 0.3) is 0 Å². The molecule has 14 heavy (non-hydrogen) atoms. The van der Waals surface area contributed by atoms with Crippen LogP contribution in [0.3, 0.4) is 0 Å². The van der Waals surface area contributed by atoms with E-state index >= 15 is 0 Å². The quantitative estimate of drug-likeness (QED) is 0.702. The fourth-order valence-electron chi connectivity index (χ4n) is 0.954. The van der Waals surface area contributed by atoms with Crippen molar-refractivity contribution in [3.63, 3.8) is 0 Å². The van der Waals surface area contributed by atoms with E-state index in [1.807, 2.05) is 0 Å². The van der Waals surface area contributed by atoms with E-state index in [2.05, 4.69) is 15.4 Å². The summed E-state index contributed by atoms with van der Waals surface area (Å²) >= 11 is 0. The minimum absolute atomic E-state index is 0.0896. The molecule has 2 N–H and O–H groups in total. The third kappa shape index (κ3) is 1.60. The van der Waals surface area contributed by atoms with Gasteiger partial charge in [-0.15, -0.1) is 10.2 Å². The molecule has 0 saturated heterocycles. The molecule has 0 radical (unpaired) electrons. The Balaban J connectivity index is 2.22. The van der Waals surface area contributed by atoms with E-state index < -0.39 is 5.91 Å². The molecule has 0 aliphatic heterocycles. The summed E-state index contributed by atoms with van der Waals surface area (Å²) in [6, 6.07) is 3.41. The van der Waals surface area contributed by atoms with Gasteiger partial charge in [-0.3, -0.25) is 4.79 Å². The SMILES string of the molecule is NC(=O)Cn1nnc(-c2ccco2)n1. The topological polar surface area (TPSA) is 99.8 Å². The van der Waals surface area contributed by atoms with Crippen molar-refractivity contribution in [1.29, 1.82) is 0 Å². The van der Waals surface area contributed by atoms with Crippen molar-refractivity contribution < 1.29 is 9.21 Å². The van der Waals surface area contributed by atoms with Crippen molar-refractivity contribution in [1.82, 2.24) is 20.2 Å². The number of rotatable bonds is 3. The summed E-state index contributed by atoms with van der Waals surface area (Å²) in [6.45, 7) is -0.0896. The van der Waals surface area contributed by atoms with Crippen LogP contribution in [0.2, 0.25) is 0 Å². The first-order valence-corrected chi connectivity index (χ1v) is 3.85. The van der Waals surface area contributed by atoms with E-state index in [4.69, 9.17) is 10.2 Å². The lowest BCUT2D eigenvalue weighted by molar-refractivity contribution is -0.118. The van der Waals surface area contributed by atoms with E-state index in [0.717, 1.165) is 4.80 Å². The molecule has 0 bridgehead atoms. The van der Waals surface area contributed by atoms with Gasteiger partial charge in [0, 0.05) is 0 Å². The van der Waals surface area contributed by atoms with Crippen LogP contribution in [0.1, 0.15) is 0 Å². The third-order valence-corrected chi connectivity index (χ3v) is 1.49. The fraction of sp³-hybridized carbons (Fsp3) is 0.143. The number of primary amides is 1. The highest BCUT2D eigenvalue weighted by atomic mass is 16.3. The van der Waals surface area contributed by atoms with Gasteiger partial charge in [-0.1, -0.05) is 0 Å². The predicted octanol–water partition coefficient (Wildman–Crippen LogP) is -0.582. The highest BCUT2D eigenvalue weighted by Crippen LogP contribution is 2.12. The Morgan fingerprint density at radius 1 is 1.64 bits per heavy atom. The van der Waals surface area contributed by atoms with Gasteiger partial charge in [0.1, 0.15) is 6.54 Å². The molecule has 0 aromatic carbocycles. The number of nitrogens with two attached hydrogens (primary N) is 1. The molecule has 2 aromatic heterocycles. The summed E-state index contributed by atoms with van der Waals surface area (Å²) in [6.07, 6.45) is 1.50. The van der Waals surface area contributed by atoms with Crippen LogP contribution >= 0.6 is 0 Å². The van der Waals surface area contributed by atoms with Crippen LogP contribution in [-0.2, 0) is 11.3 Å². The maximum absolute atomic E-state index is 10.5. The largest absolute Gasteiger partial charge is 0.461 e. The van der Waals surface area contributed by atoms with Crippen LogP contribution < -0.4 is 5.73 Å². The van der Waals surface area contributed by atoms with Gasteiger partial charge < -0.3 is 10.2 Å². The fourth-order valence-corrected chi connectivity index (χ4v) is 0.954. The molecule has 7 nitrogen and oxygen atoms in total. The minimum Gasteiger partial charge on any atom is -0.461 e. The number of hydrogen-bond donors (Lipinski definition) is 1. The molecule has 0 aliphatic carbocycles. The van der Waals surface area contributed by atoms with Crippen LogP contribution in [0, 0.1) is 0 Å². The summed E-state index contributed by atoms with van der Waals surface area (Å²) in [5, 5.41) is 11.2. The van der Waals surface area contributed by atoms with Crippen LogP contribution in [0.5, 0.6) is 0 Å². The molecule has 72 valence electrons. The van der Waals surface area contributed by atoms with E-state index in [9.17, 15) is 4.79 Å². The third-order valence-electron chi connectivity index (χ3n) is 1.49. The second-order valence-corrected chi connectivity index (χ2v) is 2.59. The molecule has 7 heteroatoms. The predicted molar refractivity (Wildman–Crippen MR) is 44.7 cm³/mol. The van der Waals surface area contributed by atoms with Crippen molar-refractivity contribution in [3.8, 4) is 11.6 Å². The molecule has 2 heterocycles. The smallest absolute Gasteiger partial charge is 0.241 e. The molecule has 0 atom stereocenters. The number of furan rings is 1. The second kappa shape index (κ2) is 3.29. The molecular weight excluding hydrogens is 186 g/mol. The zero-order valence-electron chi connectivity index (χ0n) is 7.12. The lowest BCUT2D eigenvalue weighted by Crippen LogP contribution is -2.20. The Bertz CT molecular complexity index is 433. The Kier molecular flexibility index (Phi) is 1.98. The van der Waals surface area contributed by atoms with Gasteiger partial charge in [0.2, 0.25) is 11.7 Å². The summed E-state index contributed by atoms with van der Waals surface area (Å²) in [5.74, 6) is 0.311. The average Bonchev–Trinajstić information content (AvgIpc) is 2.69. The van der Waals surface area contributed by atoms with E-state index in [-0.39, 0.29) is 6.54 Å². The van der Waals surface area contributed by atoms with Crippen LogP contribution in [-0.4, -0.2) is 26.1 Å². The van der Waals surface area contributed by atoms with Crippen molar-refractivity contribution in [2.45, 2.75) is 6.54 Å². The molecule has 2 rings (SSSR count). The first kappa shape index (κ1) is 8.42. The summed E-state index contributed by atoms with van der Waals surface area (Å²) in [4.78, 5) is 11.6. The molecule has 0 fully saturated rings. The number of nitrogens with zero attached hydrogens (tertiary/aromatic N) is 4. The lowest BCUT2D eigenvalue weighted by atomic mass is 10.4. The summed E-state index contributed by atoms with van der Waals surface area (Å²) in [7, 11) is 0. The van der Waals surface area contributed by atoms with E-state index in [1.54, 1.807) is 12.1 Å². The minimum atomic E-state index is -0.520. The number of amides is 1. The van der Waals surface area contributed by atoms with Crippen molar-refractivity contribution in [2.24, 2.45) is 5.73 Å². The highest BCUT2D eigenvalue weighted by molar-refractivity contribution is 5.73. The number of aromatic nitrogens is 4. The summed E-state index contributed by atoms with van der Waals surface area (Å²) < 4.78 is 5.04. The first-order valence-electron chi connectivity index (χ1n) is 3.85. The van der Waals surface area contributed by atoms with Gasteiger partial charge in [0.15, 0.2) is 5.76 Å². The highest BCUT2D eigenvalue weighted by Gasteiger charge is 2.08. The van der Waals surface area contributed by atoms with Gasteiger partial charge in [-0.2, -0.15) is 4.80 Å².